The summed E-state index contributed by atoms with van der Waals surface area (Å²) >= 11 is 6.10. The number of alkyl halides is 1. The molecule has 2 heterocycles. The van der Waals surface area contributed by atoms with Crippen LogP contribution in [0.2, 0.25) is 0 Å². The van der Waals surface area contributed by atoms with Crippen LogP contribution in [0.1, 0.15) is 13.3 Å². The normalized spacial score (nSPS) is 51.3. The molecule has 0 spiro atoms. The van der Waals surface area contributed by atoms with Crippen molar-refractivity contribution in [3.63, 3.8) is 0 Å². The highest BCUT2D eigenvalue weighted by Crippen LogP contribution is 2.38. The average molecular weight is 329 g/mol. The van der Waals surface area contributed by atoms with Crippen molar-refractivity contribution in [2.24, 2.45) is 0 Å². The second-order valence-electron chi connectivity index (χ2n) is 5.39. The van der Waals surface area contributed by atoms with Gasteiger partial charge in [0.05, 0.1) is 31.5 Å². The minimum Gasteiger partial charge on any atom is -0.394 e. The summed E-state index contributed by atoms with van der Waals surface area (Å²) in [5, 5.41) is 46.0. The van der Waals surface area contributed by atoms with Gasteiger partial charge in [0.15, 0.2) is 0 Å². The van der Waals surface area contributed by atoms with E-state index in [9.17, 15) is 20.4 Å². The third-order valence-corrected chi connectivity index (χ3v) is 4.21. The van der Waals surface area contributed by atoms with Crippen LogP contribution in [0, 0.1) is 0 Å². The number of halogens is 1. The van der Waals surface area contributed by atoms with E-state index in [1.165, 1.54) is 0 Å². The van der Waals surface area contributed by atoms with E-state index in [2.05, 4.69) is 0 Å². The van der Waals surface area contributed by atoms with E-state index >= 15 is 0 Å². The first kappa shape index (κ1) is 17.3. The molecule has 124 valence electrons. The lowest BCUT2D eigenvalue weighted by atomic mass is 10.0. The molecule has 0 bridgehead atoms. The van der Waals surface area contributed by atoms with Crippen molar-refractivity contribution < 1.29 is 39.7 Å². The van der Waals surface area contributed by atoms with Crippen LogP contribution in [0.5, 0.6) is 0 Å². The first-order chi connectivity index (χ1) is 9.82. The molecule has 2 aliphatic heterocycles. The predicted octanol–water partition coefficient (Wildman–Crippen LogP) is -2.09. The fourth-order valence-corrected chi connectivity index (χ4v) is 2.96. The topological polar surface area (TPSA) is 129 Å². The van der Waals surface area contributed by atoms with Crippen LogP contribution in [-0.2, 0) is 14.2 Å². The summed E-state index contributed by atoms with van der Waals surface area (Å²) in [6.45, 7) is 0.771. The fraction of sp³-hybridized carbons (Fsp3) is 1.00. The fourth-order valence-electron chi connectivity index (χ4n) is 2.58. The molecule has 2 saturated heterocycles. The molecule has 0 saturated carbocycles. The summed E-state index contributed by atoms with van der Waals surface area (Å²) < 4.78 is 16.0. The molecule has 8 atom stereocenters. The molecule has 0 aromatic carbocycles. The van der Waals surface area contributed by atoms with Crippen molar-refractivity contribution in [2.75, 3.05) is 13.2 Å². The lowest BCUT2D eigenvalue weighted by molar-refractivity contribution is -0.320. The maximum Gasteiger partial charge on any atom is 0.278 e. The summed E-state index contributed by atoms with van der Waals surface area (Å²) in [5.74, 6) is 0. The quantitative estimate of drug-likeness (QED) is 0.371. The Kier molecular flexibility index (Phi) is 5.45. The zero-order valence-corrected chi connectivity index (χ0v) is 12.3. The standard InChI is InChI=1S/C12H21ClO8/c1-5-9(17)10(8(4-15)19-5)21-12(13)11(18)7(16)2-6(3-14)20-12/h5-11,14-18H,2-4H2,1H3/t5-,6+,7+,8-,9-,10-,11-,12?/m1/s1. The van der Waals surface area contributed by atoms with E-state index in [0.717, 1.165) is 0 Å². The van der Waals surface area contributed by atoms with Crippen molar-refractivity contribution >= 4 is 11.6 Å². The molecule has 21 heavy (non-hydrogen) atoms. The third-order valence-electron chi connectivity index (χ3n) is 3.80. The molecule has 2 aliphatic rings. The molecule has 0 aliphatic carbocycles. The maximum atomic E-state index is 10.0. The molecule has 0 amide bonds. The Labute approximate surface area is 126 Å². The largest absolute Gasteiger partial charge is 0.394 e. The molecule has 9 heteroatoms. The molecule has 0 radical (unpaired) electrons. The van der Waals surface area contributed by atoms with Crippen molar-refractivity contribution in [1.82, 2.24) is 0 Å². The summed E-state index contributed by atoms with van der Waals surface area (Å²) in [7, 11) is 0. The zero-order chi connectivity index (χ0) is 15.8. The number of hydrogen-bond donors (Lipinski definition) is 5. The minimum absolute atomic E-state index is 0.000944. The van der Waals surface area contributed by atoms with Crippen molar-refractivity contribution in [3.05, 3.63) is 0 Å². The molecular weight excluding hydrogens is 308 g/mol. The van der Waals surface area contributed by atoms with Crippen LogP contribution in [0.4, 0.5) is 0 Å². The third kappa shape index (κ3) is 3.34. The molecule has 2 rings (SSSR count). The van der Waals surface area contributed by atoms with Gasteiger partial charge in [0.25, 0.3) is 5.25 Å². The van der Waals surface area contributed by atoms with Crippen LogP contribution in [0.3, 0.4) is 0 Å². The number of aliphatic hydroxyl groups is 5. The van der Waals surface area contributed by atoms with Crippen LogP contribution >= 0.6 is 11.6 Å². The Balaban J connectivity index is 2.14. The van der Waals surface area contributed by atoms with Gasteiger partial charge in [-0.15, -0.1) is 0 Å². The number of aliphatic hydroxyl groups excluding tert-OH is 5. The van der Waals surface area contributed by atoms with Crippen LogP contribution in [-0.4, -0.2) is 86.7 Å². The number of rotatable bonds is 4. The second-order valence-corrected chi connectivity index (χ2v) is 5.91. The van der Waals surface area contributed by atoms with Crippen molar-refractivity contribution in [1.29, 1.82) is 0 Å². The molecule has 5 N–H and O–H groups in total. The molecule has 1 unspecified atom stereocenters. The Bertz CT molecular complexity index is 358. The lowest BCUT2D eigenvalue weighted by Gasteiger charge is -2.43. The summed E-state index contributed by atoms with van der Waals surface area (Å²) in [6, 6.07) is 0. The van der Waals surface area contributed by atoms with E-state index in [4.69, 9.17) is 30.9 Å². The summed E-state index contributed by atoms with van der Waals surface area (Å²) in [5.41, 5.74) is 0. The second kappa shape index (κ2) is 6.61. The summed E-state index contributed by atoms with van der Waals surface area (Å²) in [6.07, 6.45) is -7.20. The highest BCUT2D eigenvalue weighted by Gasteiger charge is 2.54. The van der Waals surface area contributed by atoms with Gasteiger partial charge in [0.2, 0.25) is 0 Å². The van der Waals surface area contributed by atoms with Gasteiger partial charge in [-0.25, -0.2) is 0 Å². The SMILES string of the molecule is C[C@H]1O[C@H](CO)[C@@H](OC2(Cl)O[C@H](CO)C[C@H](O)[C@H]2O)[C@@H]1O. The van der Waals surface area contributed by atoms with Gasteiger partial charge in [-0.2, -0.15) is 0 Å². The molecule has 8 nitrogen and oxygen atoms in total. The van der Waals surface area contributed by atoms with E-state index in [-0.39, 0.29) is 6.42 Å². The van der Waals surface area contributed by atoms with Gasteiger partial charge in [-0.1, -0.05) is 11.6 Å². The van der Waals surface area contributed by atoms with Crippen molar-refractivity contribution in [2.45, 2.75) is 61.3 Å². The number of hydrogen-bond acceptors (Lipinski definition) is 8. The van der Waals surface area contributed by atoms with E-state index in [0.29, 0.717) is 0 Å². The summed E-state index contributed by atoms with van der Waals surface area (Å²) in [4.78, 5) is 0. The van der Waals surface area contributed by atoms with Crippen LogP contribution in [0.25, 0.3) is 0 Å². The molecule has 0 aromatic rings. The van der Waals surface area contributed by atoms with E-state index < -0.39 is 61.2 Å². The monoisotopic (exact) mass is 328 g/mol. The minimum atomic E-state index is -2.14. The van der Waals surface area contributed by atoms with E-state index in [1.807, 2.05) is 0 Å². The molecule has 0 aromatic heterocycles. The highest BCUT2D eigenvalue weighted by molar-refractivity contribution is 6.22. The van der Waals surface area contributed by atoms with E-state index in [1.54, 1.807) is 6.92 Å². The average Bonchev–Trinajstić information content (AvgIpc) is 2.72. The van der Waals surface area contributed by atoms with Crippen LogP contribution in [0.15, 0.2) is 0 Å². The number of ether oxygens (including phenoxy) is 3. The molecule has 2 fully saturated rings. The Morgan fingerprint density at radius 2 is 1.90 bits per heavy atom. The first-order valence-electron chi connectivity index (χ1n) is 6.78. The molecular formula is C12H21ClO8. The zero-order valence-electron chi connectivity index (χ0n) is 11.5. The van der Waals surface area contributed by atoms with Crippen molar-refractivity contribution in [3.8, 4) is 0 Å². The van der Waals surface area contributed by atoms with Crippen LogP contribution < -0.4 is 0 Å². The van der Waals surface area contributed by atoms with Gasteiger partial charge in [0, 0.05) is 6.42 Å². The van der Waals surface area contributed by atoms with Gasteiger partial charge >= 0.3 is 0 Å². The van der Waals surface area contributed by atoms with Gasteiger partial charge in [-0.05, 0) is 6.92 Å². The van der Waals surface area contributed by atoms with Gasteiger partial charge in [0.1, 0.15) is 24.4 Å². The first-order valence-corrected chi connectivity index (χ1v) is 7.16. The Hall–Kier alpha value is -0.0300. The predicted molar refractivity (Wildman–Crippen MR) is 69.5 cm³/mol. The maximum absolute atomic E-state index is 10.0. The van der Waals surface area contributed by atoms with Gasteiger partial charge < -0.3 is 39.7 Å². The Morgan fingerprint density at radius 3 is 2.48 bits per heavy atom. The smallest absolute Gasteiger partial charge is 0.278 e. The lowest BCUT2D eigenvalue weighted by Crippen LogP contribution is -2.59. The highest BCUT2D eigenvalue weighted by atomic mass is 35.5. The van der Waals surface area contributed by atoms with Gasteiger partial charge in [-0.3, -0.25) is 0 Å². The Morgan fingerprint density at radius 1 is 1.24 bits per heavy atom.